The fraction of sp³-hybridized carbons (Fsp3) is 0.217. The summed E-state index contributed by atoms with van der Waals surface area (Å²) in [5.41, 5.74) is 5.32. The molecule has 2 heterocycles. The zero-order chi connectivity index (χ0) is 19.2. The third-order valence-corrected chi connectivity index (χ3v) is 5.56. The molecule has 0 amide bonds. The summed E-state index contributed by atoms with van der Waals surface area (Å²) in [5, 5.41) is 10.1. The van der Waals surface area contributed by atoms with Crippen molar-refractivity contribution in [2.45, 2.75) is 32.8 Å². The maximum atomic E-state index is 9.84. The smallest absolute Gasteiger partial charge is 0.148 e. The van der Waals surface area contributed by atoms with E-state index in [9.17, 15) is 5.26 Å². The maximum absolute atomic E-state index is 9.84. The fourth-order valence-electron chi connectivity index (χ4n) is 3.67. The highest BCUT2D eigenvalue weighted by Gasteiger charge is 2.40. The van der Waals surface area contributed by atoms with Crippen LogP contribution in [0.4, 0.5) is 0 Å². The first kappa shape index (κ1) is 17.6. The number of hydrogen-bond acceptors (Lipinski definition) is 3. The minimum atomic E-state index is -0.604. The highest BCUT2D eigenvalue weighted by atomic mass is 35.5. The van der Waals surface area contributed by atoms with Crippen LogP contribution in [0.2, 0.25) is 5.15 Å². The van der Waals surface area contributed by atoms with Crippen LogP contribution in [0.3, 0.4) is 0 Å². The van der Waals surface area contributed by atoms with Gasteiger partial charge in [0.15, 0.2) is 0 Å². The molecule has 0 saturated carbocycles. The highest BCUT2D eigenvalue weighted by Crippen LogP contribution is 2.51. The Hall–Kier alpha value is -2.83. The number of hydrogen-bond donors (Lipinski definition) is 0. The number of nitrogens with zero attached hydrogens (tertiary/aromatic N) is 2. The van der Waals surface area contributed by atoms with Gasteiger partial charge in [0, 0.05) is 16.7 Å². The molecule has 0 fully saturated rings. The number of aromatic nitrogens is 1. The van der Waals surface area contributed by atoms with Crippen molar-refractivity contribution >= 4 is 11.6 Å². The maximum Gasteiger partial charge on any atom is 0.148 e. The number of ether oxygens (including phenoxy) is 1. The fourth-order valence-corrected chi connectivity index (χ4v) is 3.89. The Bertz CT molecular complexity index is 1080. The lowest BCUT2D eigenvalue weighted by atomic mass is 9.80. The monoisotopic (exact) mass is 374 g/mol. The van der Waals surface area contributed by atoms with Crippen LogP contribution in [0, 0.1) is 18.3 Å². The quantitative estimate of drug-likeness (QED) is 0.497. The number of rotatable bonds is 2. The molecule has 1 aliphatic rings. The molecular formula is C23H19ClN2O. The predicted molar refractivity (Wildman–Crippen MR) is 108 cm³/mol. The summed E-state index contributed by atoms with van der Waals surface area (Å²) in [6.45, 7) is 6.17. The standard InChI is InChI=1S/C23H19ClN2O/c1-4-23(3)20-19(15-11-9-14(2)10-12-15)17(13-25)22(24)26-21(20)16-7-5-6-8-18(16)27-23/h5-12H,4H2,1-3H3. The van der Waals surface area contributed by atoms with Crippen LogP contribution in [-0.4, -0.2) is 4.98 Å². The molecule has 0 aliphatic carbocycles. The Morgan fingerprint density at radius 2 is 1.85 bits per heavy atom. The van der Waals surface area contributed by atoms with E-state index < -0.39 is 5.60 Å². The van der Waals surface area contributed by atoms with Crippen molar-refractivity contribution in [1.82, 2.24) is 4.98 Å². The minimum Gasteiger partial charge on any atom is -0.482 e. The molecule has 1 aliphatic heterocycles. The van der Waals surface area contributed by atoms with Gasteiger partial charge in [-0.3, -0.25) is 0 Å². The lowest BCUT2D eigenvalue weighted by Gasteiger charge is -2.38. The molecule has 0 saturated heterocycles. The number of aryl methyl sites for hydroxylation is 1. The van der Waals surface area contributed by atoms with Crippen LogP contribution in [-0.2, 0) is 5.60 Å². The molecule has 0 N–H and O–H groups in total. The van der Waals surface area contributed by atoms with E-state index in [4.69, 9.17) is 16.3 Å². The molecule has 1 aromatic heterocycles. The minimum absolute atomic E-state index is 0.224. The molecule has 3 aromatic rings. The van der Waals surface area contributed by atoms with Crippen LogP contribution in [0.25, 0.3) is 22.4 Å². The van der Waals surface area contributed by atoms with Gasteiger partial charge in [0.1, 0.15) is 22.6 Å². The Morgan fingerprint density at radius 1 is 1.15 bits per heavy atom. The number of para-hydroxylation sites is 1. The van der Waals surface area contributed by atoms with E-state index in [1.165, 1.54) is 0 Å². The number of fused-ring (bicyclic) bond motifs is 3. The van der Waals surface area contributed by atoms with Gasteiger partial charge in [-0.05, 0) is 38.0 Å². The molecule has 3 nitrogen and oxygen atoms in total. The van der Waals surface area contributed by atoms with Gasteiger partial charge >= 0.3 is 0 Å². The van der Waals surface area contributed by atoms with Crippen molar-refractivity contribution in [1.29, 1.82) is 5.26 Å². The van der Waals surface area contributed by atoms with E-state index in [-0.39, 0.29) is 5.15 Å². The summed E-state index contributed by atoms with van der Waals surface area (Å²) in [5.74, 6) is 0.789. The zero-order valence-corrected chi connectivity index (χ0v) is 16.3. The van der Waals surface area contributed by atoms with Crippen LogP contribution in [0.5, 0.6) is 5.75 Å². The molecule has 4 heteroatoms. The van der Waals surface area contributed by atoms with E-state index >= 15 is 0 Å². The summed E-state index contributed by atoms with van der Waals surface area (Å²) in [6, 6.07) is 18.2. The summed E-state index contributed by atoms with van der Waals surface area (Å²) >= 11 is 6.48. The molecule has 2 aromatic carbocycles. The number of nitriles is 1. The molecule has 0 radical (unpaired) electrons. The Kier molecular flexibility index (Phi) is 4.17. The first-order valence-corrected chi connectivity index (χ1v) is 9.36. The van der Waals surface area contributed by atoms with Gasteiger partial charge < -0.3 is 4.74 Å². The van der Waals surface area contributed by atoms with Crippen molar-refractivity contribution in [2.24, 2.45) is 0 Å². The average molecular weight is 375 g/mol. The summed E-state index contributed by atoms with van der Waals surface area (Å²) in [4.78, 5) is 4.64. The van der Waals surface area contributed by atoms with Crippen molar-refractivity contribution in [2.75, 3.05) is 0 Å². The third-order valence-electron chi connectivity index (χ3n) is 5.29. The van der Waals surface area contributed by atoms with Gasteiger partial charge in [-0.15, -0.1) is 0 Å². The van der Waals surface area contributed by atoms with Gasteiger partial charge in [-0.1, -0.05) is 60.5 Å². The van der Waals surface area contributed by atoms with Crippen molar-refractivity contribution in [3.05, 3.63) is 70.4 Å². The van der Waals surface area contributed by atoms with Gasteiger partial charge in [0.2, 0.25) is 0 Å². The number of halogens is 1. The zero-order valence-electron chi connectivity index (χ0n) is 15.5. The second-order valence-electron chi connectivity index (χ2n) is 7.04. The Morgan fingerprint density at radius 3 is 2.52 bits per heavy atom. The van der Waals surface area contributed by atoms with Gasteiger partial charge in [-0.2, -0.15) is 5.26 Å². The van der Waals surface area contributed by atoms with E-state index in [0.717, 1.165) is 45.7 Å². The normalized spacial score (nSPS) is 17.4. The molecule has 4 rings (SSSR count). The van der Waals surface area contributed by atoms with Crippen molar-refractivity contribution in [3.63, 3.8) is 0 Å². The SMILES string of the molecule is CCC1(C)Oc2ccccc2-c2nc(Cl)c(C#N)c(-c3ccc(C)cc3)c21. The highest BCUT2D eigenvalue weighted by molar-refractivity contribution is 6.31. The average Bonchev–Trinajstić information content (AvgIpc) is 2.68. The Labute approximate surface area is 164 Å². The van der Waals surface area contributed by atoms with E-state index in [2.05, 4.69) is 24.9 Å². The first-order chi connectivity index (χ1) is 13.0. The van der Waals surface area contributed by atoms with Crippen LogP contribution in [0.1, 0.15) is 37.0 Å². The predicted octanol–water partition coefficient (Wildman–Crippen LogP) is 6.27. The largest absolute Gasteiger partial charge is 0.482 e. The molecular weight excluding hydrogens is 356 g/mol. The van der Waals surface area contributed by atoms with E-state index in [0.29, 0.717) is 5.56 Å². The number of benzene rings is 2. The first-order valence-electron chi connectivity index (χ1n) is 8.98. The second kappa shape index (κ2) is 6.40. The lowest BCUT2D eigenvalue weighted by molar-refractivity contribution is 0.0798. The molecule has 0 bridgehead atoms. The van der Waals surface area contributed by atoms with Crippen molar-refractivity contribution in [3.8, 4) is 34.2 Å². The van der Waals surface area contributed by atoms with E-state index in [1.807, 2.05) is 55.5 Å². The topological polar surface area (TPSA) is 45.9 Å². The second-order valence-corrected chi connectivity index (χ2v) is 7.39. The van der Waals surface area contributed by atoms with Gasteiger partial charge in [-0.25, -0.2) is 4.98 Å². The molecule has 27 heavy (non-hydrogen) atoms. The summed E-state index contributed by atoms with van der Waals surface area (Å²) in [7, 11) is 0. The van der Waals surface area contributed by atoms with Crippen LogP contribution in [0.15, 0.2) is 48.5 Å². The van der Waals surface area contributed by atoms with Crippen LogP contribution >= 0.6 is 11.6 Å². The third kappa shape index (κ3) is 2.69. The molecule has 1 unspecified atom stereocenters. The van der Waals surface area contributed by atoms with Gasteiger partial charge in [0.05, 0.1) is 11.3 Å². The molecule has 1 atom stereocenters. The molecule has 0 spiro atoms. The van der Waals surface area contributed by atoms with E-state index in [1.54, 1.807) is 0 Å². The van der Waals surface area contributed by atoms with Crippen LogP contribution < -0.4 is 4.74 Å². The van der Waals surface area contributed by atoms with Gasteiger partial charge in [0.25, 0.3) is 0 Å². The lowest BCUT2D eigenvalue weighted by Crippen LogP contribution is -2.33. The Balaban J connectivity index is 2.16. The summed E-state index contributed by atoms with van der Waals surface area (Å²) < 4.78 is 6.43. The van der Waals surface area contributed by atoms with Crippen molar-refractivity contribution < 1.29 is 4.74 Å². The molecule has 134 valence electrons. The summed E-state index contributed by atoms with van der Waals surface area (Å²) in [6.07, 6.45) is 0.737. The number of pyridine rings is 1.